The Kier molecular flexibility index (Phi) is 8.09. The van der Waals surface area contributed by atoms with E-state index >= 15 is 0 Å². The fraction of sp³-hybridized carbons (Fsp3) is 0.143. The average molecular weight is 640 g/mol. The van der Waals surface area contributed by atoms with Crippen molar-refractivity contribution < 1.29 is 62.2 Å². The molecular formula is C28H16F12N2O2. The van der Waals surface area contributed by atoms with E-state index < -0.39 is 92.5 Å². The number of hydrogen-bond donors (Lipinski definition) is 2. The van der Waals surface area contributed by atoms with Gasteiger partial charge in [0.25, 0.3) is 0 Å². The van der Waals surface area contributed by atoms with E-state index in [1.165, 1.54) is 0 Å². The summed E-state index contributed by atoms with van der Waals surface area (Å²) >= 11 is 0. The van der Waals surface area contributed by atoms with Gasteiger partial charge in [0, 0.05) is 11.4 Å². The Bertz CT molecular complexity index is 1570. The lowest BCUT2D eigenvalue weighted by molar-refractivity contribution is -0.139. The largest absolute Gasteiger partial charge is 0.457 e. The van der Waals surface area contributed by atoms with Crippen molar-refractivity contribution in [2.24, 2.45) is 0 Å². The van der Waals surface area contributed by atoms with Crippen LogP contribution in [0.5, 0.6) is 23.0 Å². The van der Waals surface area contributed by atoms with Gasteiger partial charge in [0.15, 0.2) is 0 Å². The minimum absolute atomic E-state index is 0.385. The number of ether oxygens (including phenoxy) is 2. The van der Waals surface area contributed by atoms with Gasteiger partial charge < -0.3 is 20.9 Å². The number of nitrogens with two attached hydrogens (primary N) is 2. The van der Waals surface area contributed by atoms with E-state index in [-0.39, 0.29) is 0 Å². The van der Waals surface area contributed by atoms with E-state index in [4.69, 9.17) is 20.9 Å². The molecule has 234 valence electrons. The van der Waals surface area contributed by atoms with Crippen molar-refractivity contribution in [2.45, 2.75) is 24.7 Å². The first-order valence-corrected chi connectivity index (χ1v) is 11.9. The van der Waals surface area contributed by atoms with E-state index in [1.54, 1.807) is 0 Å². The smallest absolute Gasteiger partial charge is 0.420 e. The highest BCUT2D eigenvalue weighted by Gasteiger charge is 2.38. The van der Waals surface area contributed by atoms with Gasteiger partial charge in [-0.1, -0.05) is 12.1 Å². The molecule has 0 amide bonds. The molecule has 0 unspecified atom stereocenters. The molecule has 4 aromatic rings. The molecule has 0 aromatic heterocycles. The Labute approximate surface area is 239 Å². The number of alkyl halides is 12. The zero-order valence-corrected chi connectivity index (χ0v) is 21.4. The van der Waals surface area contributed by atoms with E-state index in [0.29, 0.717) is 36.4 Å². The third-order valence-electron chi connectivity index (χ3n) is 6.02. The van der Waals surface area contributed by atoms with Crippen LogP contribution in [-0.4, -0.2) is 0 Å². The Morgan fingerprint density at radius 2 is 0.705 bits per heavy atom. The second kappa shape index (κ2) is 11.1. The third kappa shape index (κ3) is 7.06. The predicted molar refractivity (Wildman–Crippen MR) is 134 cm³/mol. The highest BCUT2D eigenvalue weighted by molar-refractivity contribution is 5.69. The highest BCUT2D eigenvalue weighted by Crippen LogP contribution is 2.45. The normalized spacial score (nSPS) is 12.7. The van der Waals surface area contributed by atoms with Crippen LogP contribution in [0.4, 0.5) is 64.1 Å². The van der Waals surface area contributed by atoms with Gasteiger partial charge in [-0.15, -0.1) is 0 Å². The van der Waals surface area contributed by atoms with Gasteiger partial charge in [-0.2, -0.15) is 52.7 Å². The molecule has 0 aliphatic carbocycles. The molecule has 4 rings (SSSR count). The lowest BCUT2D eigenvalue weighted by atomic mass is 9.99. The maximum atomic E-state index is 13.9. The summed E-state index contributed by atoms with van der Waals surface area (Å²) in [7, 11) is 0. The zero-order valence-electron chi connectivity index (χ0n) is 21.4. The maximum Gasteiger partial charge on any atom is 0.420 e. The van der Waals surface area contributed by atoms with Gasteiger partial charge in [0.2, 0.25) is 0 Å². The van der Waals surface area contributed by atoms with Crippen LogP contribution in [-0.2, 0) is 24.7 Å². The van der Waals surface area contributed by atoms with E-state index in [0.717, 1.165) is 36.4 Å². The molecule has 44 heavy (non-hydrogen) atoms. The van der Waals surface area contributed by atoms with Crippen LogP contribution in [0.15, 0.2) is 72.8 Å². The Morgan fingerprint density at radius 1 is 0.386 bits per heavy atom. The topological polar surface area (TPSA) is 70.5 Å². The van der Waals surface area contributed by atoms with Crippen LogP contribution >= 0.6 is 0 Å². The molecule has 0 spiro atoms. The highest BCUT2D eigenvalue weighted by atomic mass is 19.4. The predicted octanol–water partition coefficient (Wildman–Crippen LogP) is 10.2. The molecule has 0 radical (unpaired) electrons. The number of halogens is 12. The average Bonchev–Trinajstić information content (AvgIpc) is 2.89. The minimum Gasteiger partial charge on any atom is -0.457 e. The molecule has 4 nitrogen and oxygen atoms in total. The van der Waals surface area contributed by atoms with Crippen LogP contribution in [0.1, 0.15) is 22.3 Å². The van der Waals surface area contributed by atoms with Crippen molar-refractivity contribution in [3.05, 3.63) is 95.1 Å². The molecule has 16 heteroatoms. The lowest BCUT2D eigenvalue weighted by Crippen LogP contribution is -2.10. The van der Waals surface area contributed by atoms with Gasteiger partial charge in [0.05, 0.1) is 22.3 Å². The van der Waals surface area contributed by atoms with Gasteiger partial charge in [0.1, 0.15) is 23.0 Å². The number of nitrogen functional groups attached to an aromatic ring is 2. The monoisotopic (exact) mass is 640 g/mol. The Balaban J connectivity index is 1.74. The first-order chi connectivity index (χ1) is 20.1. The number of anilines is 2. The lowest BCUT2D eigenvalue weighted by Gasteiger charge is -2.18. The Morgan fingerprint density at radius 3 is 1.00 bits per heavy atom. The quantitative estimate of drug-likeness (QED) is 0.168. The van der Waals surface area contributed by atoms with Crippen molar-refractivity contribution in [1.29, 1.82) is 0 Å². The summed E-state index contributed by atoms with van der Waals surface area (Å²) < 4.78 is 173. The van der Waals surface area contributed by atoms with Crippen LogP contribution in [0.25, 0.3) is 11.1 Å². The maximum absolute atomic E-state index is 13.9. The SMILES string of the molecule is Nc1ccc(Oc2ccc(-c3ccc(Oc4ccc(N)c(C(F)(F)F)c4)c(C(F)(F)F)c3)cc2C(F)(F)F)cc1C(F)(F)F. The van der Waals surface area contributed by atoms with Crippen molar-refractivity contribution in [3.63, 3.8) is 0 Å². The molecule has 0 heterocycles. The first kappa shape index (κ1) is 32.2. The van der Waals surface area contributed by atoms with Crippen LogP contribution < -0.4 is 20.9 Å². The molecule has 0 atom stereocenters. The summed E-state index contributed by atoms with van der Waals surface area (Å²) in [5.41, 5.74) is 2.53. The van der Waals surface area contributed by atoms with Crippen molar-refractivity contribution in [1.82, 2.24) is 0 Å². The van der Waals surface area contributed by atoms with Gasteiger partial charge in [-0.05, 0) is 71.8 Å². The number of hydrogen-bond acceptors (Lipinski definition) is 4. The van der Waals surface area contributed by atoms with Crippen LogP contribution in [0.2, 0.25) is 0 Å². The molecule has 0 bridgehead atoms. The molecule has 0 aliphatic heterocycles. The summed E-state index contributed by atoms with van der Waals surface area (Å²) in [6.07, 6.45) is -20.2. The molecular weight excluding hydrogens is 624 g/mol. The molecule has 0 fully saturated rings. The van der Waals surface area contributed by atoms with E-state index in [1.807, 2.05) is 0 Å². The fourth-order valence-corrected chi connectivity index (χ4v) is 3.98. The van der Waals surface area contributed by atoms with Gasteiger partial charge in [-0.25, -0.2) is 0 Å². The molecule has 4 N–H and O–H groups in total. The second-order valence-electron chi connectivity index (χ2n) is 9.12. The molecule has 0 aliphatic rings. The minimum atomic E-state index is -5.17. The fourth-order valence-electron chi connectivity index (χ4n) is 3.98. The standard InChI is InChI=1S/C28H16F12N2O2/c29-25(30,31)17-11-15(3-5-21(17)41)43-23-7-1-13(9-19(23)27(35,36)37)14-2-8-24(20(10-14)28(38,39)40)44-16-4-6-22(42)18(12-16)26(32,33)34/h1-12H,41-42H2. The first-order valence-electron chi connectivity index (χ1n) is 11.9. The summed E-state index contributed by atoms with van der Waals surface area (Å²) in [5.74, 6) is -3.22. The molecule has 0 saturated carbocycles. The number of benzene rings is 4. The second-order valence-corrected chi connectivity index (χ2v) is 9.12. The summed E-state index contributed by atoms with van der Waals surface area (Å²) in [5, 5.41) is 0. The van der Waals surface area contributed by atoms with Crippen LogP contribution in [0, 0.1) is 0 Å². The van der Waals surface area contributed by atoms with E-state index in [9.17, 15) is 52.7 Å². The van der Waals surface area contributed by atoms with Crippen molar-refractivity contribution >= 4 is 11.4 Å². The molecule has 0 saturated heterocycles. The van der Waals surface area contributed by atoms with Crippen LogP contribution in [0.3, 0.4) is 0 Å². The number of rotatable bonds is 5. The third-order valence-corrected chi connectivity index (χ3v) is 6.02. The van der Waals surface area contributed by atoms with Gasteiger partial charge >= 0.3 is 24.7 Å². The van der Waals surface area contributed by atoms with E-state index in [2.05, 4.69) is 0 Å². The zero-order chi connectivity index (χ0) is 32.8. The molecule has 4 aromatic carbocycles. The summed E-state index contributed by atoms with van der Waals surface area (Å²) in [4.78, 5) is 0. The summed E-state index contributed by atoms with van der Waals surface area (Å²) in [6, 6.07) is 8.21. The van der Waals surface area contributed by atoms with Crippen molar-refractivity contribution in [2.75, 3.05) is 11.5 Å². The van der Waals surface area contributed by atoms with Crippen molar-refractivity contribution in [3.8, 4) is 34.1 Å². The van der Waals surface area contributed by atoms with Gasteiger partial charge in [-0.3, -0.25) is 0 Å². The Hall–Kier alpha value is -4.76. The summed E-state index contributed by atoms with van der Waals surface area (Å²) in [6.45, 7) is 0.